The molecule has 3 heteroatoms. The molecule has 0 fully saturated rings. The number of hydrogen-bond acceptors (Lipinski definition) is 3. The molecule has 3 nitrogen and oxygen atoms in total. The van der Waals surface area contributed by atoms with E-state index >= 15 is 0 Å². The monoisotopic (exact) mass is 236 g/mol. The van der Waals surface area contributed by atoms with Gasteiger partial charge in [0.1, 0.15) is 5.75 Å². The smallest absolute Gasteiger partial charge is 0.118 e. The van der Waals surface area contributed by atoms with Gasteiger partial charge in [-0.15, -0.1) is 0 Å². The predicted octanol–water partition coefficient (Wildman–Crippen LogP) is 2.43. The molecule has 0 aliphatic carbocycles. The van der Waals surface area contributed by atoms with E-state index in [-0.39, 0.29) is 0 Å². The zero-order chi connectivity index (χ0) is 12.7. The first-order chi connectivity index (χ1) is 8.26. The summed E-state index contributed by atoms with van der Waals surface area (Å²) in [5.74, 6) is 0.903. The van der Waals surface area contributed by atoms with Gasteiger partial charge in [-0.25, -0.2) is 0 Å². The molecule has 0 heterocycles. The molecule has 1 aromatic rings. The van der Waals surface area contributed by atoms with Crippen LogP contribution in [0.1, 0.15) is 31.9 Å². The third-order valence-electron chi connectivity index (χ3n) is 3.19. The molecule has 0 spiro atoms. The largest absolute Gasteiger partial charge is 0.497 e. The van der Waals surface area contributed by atoms with Crippen LogP contribution in [0, 0.1) is 0 Å². The summed E-state index contributed by atoms with van der Waals surface area (Å²) in [6.45, 7) is 7.20. The van der Waals surface area contributed by atoms with Crippen LogP contribution in [0.3, 0.4) is 0 Å². The van der Waals surface area contributed by atoms with E-state index in [2.05, 4.69) is 30.9 Å². The summed E-state index contributed by atoms with van der Waals surface area (Å²) in [7, 11) is 1.69. The molecular weight excluding hydrogens is 212 g/mol. The van der Waals surface area contributed by atoms with Gasteiger partial charge in [0.05, 0.1) is 7.11 Å². The number of ether oxygens (including phenoxy) is 1. The Morgan fingerprint density at radius 1 is 1.18 bits per heavy atom. The lowest BCUT2D eigenvalue weighted by molar-refractivity contribution is 0.210. The molecule has 0 amide bonds. The molecule has 2 N–H and O–H groups in total. The van der Waals surface area contributed by atoms with Gasteiger partial charge in [0.25, 0.3) is 0 Å². The van der Waals surface area contributed by atoms with Crippen LogP contribution in [-0.4, -0.2) is 31.6 Å². The minimum atomic E-state index is 0.418. The molecule has 0 radical (unpaired) electrons. The van der Waals surface area contributed by atoms with Gasteiger partial charge in [0.2, 0.25) is 0 Å². The van der Waals surface area contributed by atoms with Crippen molar-refractivity contribution in [2.75, 3.05) is 26.7 Å². The molecule has 1 unspecified atom stereocenters. The van der Waals surface area contributed by atoms with Gasteiger partial charge < -0.3 is 10.5 Å². The third-order valence-corrected chi connectivity index (χ3v) is 3.19. The molecule has 1 rings (SSSR count). The molecule has 1 atom stereocenters. The first-order valence-electron chi connectivity index (χ1n) is 6.34. The summed E-state index contributed by atoms with van der Waals surface area (Å²) in [5, 5.41) is 0. The highest BCUT2D eigenvalue weighted by Gasteiger charge is 2.16. The van der Waals surface area contributed by atoms with Crippen molar-refractivity contribution < 1.29 is 4.74 Å². The average Bonchev–Trinajstić information content (AvgIpc) is 2.39. The summed E-state index contributed by atoms with van der Waals surface area (Å²) < 4.78 is 5.18. The van der Waals surface area contributed by atoms with Crippen LogP contribution in [0.25, 0.3) is 0 Å². The van der Waals surface area contributed by atoms with Crippen LogP contribution in [0.2, 0.25) is 0 Å². The number of hydrogen-bond donors (Lipinski definition) is 1. The van der Waals surface area contributed by atoms with Crippen molar-refractivity contribution in [3.05, 3.63) is 29.8 Å². The van der Waals surface area contributed by atoms with Crippen LogP contribution in [-0.2, 0) is 0 Å². The normalized spacial score (nSPS) is 12.8. The highest BCUT2D eigenvalue weighted by atomic mass is 16.5. The van der Waals surface area contributed by atoms with Gasteiger partial charge >= 0.3 is 0 Å². The first kappa shape index (κ1) is 14.0. The molecule has 0 aliphatic heterocycles. The molecule has 1 aromatic carbocycles. The number of nitrogens with two attached hydrogens (primary N) is 1. The van der Waals surface area contributed by atoms with E-state index in [4.69, 9.17) is 10.5 Å². The lowest BCUT2D eigenvalue weighted by Crippen LogP contribution is -2.30. The van der Waals surface area contributed by atoms with E-state index in [9.17, 15) is 0 Å². The van der Waals surface area contributed by atoms with Crippen LogP contribution in [0.4, 0.5) is 0 Å². The highest BCUT2D eigenvalue weighted by molar-refractivity contribution is 5.29. The lowest BCUT2D eigenvalue weighted by atomic mass is 10.0. The molecule has 0 saturated heterocycles. The van der Waals surface area contributed by atoms with Gasteiger partial charge in [-0.05, 0) is 43.8 Å². The van der Waals surface area contributed by atoms with Gasteiger partial charge in [-0.1, -0.05) is 26.0 Å². The van der Waals surface area contributed by atoms with Gasteiger partial charge in [-0.3, -0.25) is 4.90 Å². The second-order valence-corrected chi connectivity index (χ2v) is 4.09. The summed E-state index contributed by atoms with van der Waals surface area (Å²) in [6, 6.07) is 8.72. The second kappa shape index (κ2) is 7.30. The van der Waals surface area contributed by atoms with Gasteiger partial charge in [-0.2, -0.15) is 0 Å². The van der Waals surface area contributed by atoms with Crippen molar-refractivity contribution in [2.24, 2.45) is 5.73 Å². The Bertz CT molecular complexity index is 307. The summed E-state index contributed by atoms with van der Waals surface area (Å²) in [4.78, 5) is 2.44. The quantitative estimate of drug-likeness (QED) is 0.790. The predicted molar refractivity (Wildman–Crippen MR) is 72.3 cm³/mol. The van der Waals surface area contributed by atoms with Crippen LogP contribution < -0.4 is 10.5 Å². The number of nitrogens with zero attached hydrogens (tertiary/aromatic N) is 1. The topological polar surface area (TPSA) is 38.5 Å². The van der Waals surface area contributed by atoms with Crippen LogP contribution in [0.15, 0.2) is 24.3 Å². The SMILES string of the molecule is CCN(CC)C(CCN)c1ccc(OC)cc1. The maximum Gasteiger partial charge on any atom is 0.118 e. The zero-order valence-electron chi connectivity index (χ0n) is 11.1. The molecule has 0 saturated carbocycles. The Morgan fingerprint density at radius 3 is 2.18 bits per heavy atom. The van der Waals surface area contributed by atoms with Gasteiger partial charge in [0, 0.05) is 6.04 Å². The Kier molecular flexibility index (Phi) is 6.01. The van der Waals surface area contributed by atoms with E-state index in [0.717, 1.165) is 25.3 Å². The molecule has 96 valence electrons. The Hall–Kier alpha value is -1.06. The summed E-state index contributed by atoms with van der Waals surface area (Å²) in [5.41, 5.74) is 7.04. The fourth-order valence-electron chi connectivity index (χ4n) is 2.21. The fourth-order valence-corrected chi connectivity index (χ4v) is 2.21. The second-order valence-electron chi connectivity index (χ2n) is 4.09. The highest BCUT2D eigenvalue weighted by Crippen LogP contribution is 2.25. The number of benzene rings is 1. The minimum absolute atomic E-state index is 0.418. The van der Waals surface area contributed by atoms with Crippen molar-refractivity contribution in [2.45, 2.75) is 26.3 Å². The standard InChI is InChI=1S/C14H24N2O/c1-4-16(5-2)14(10-11-15)12-6-8-13(17-3)9-7-12/h6-9,14H,4-5,10-11,15H2,1-3H3. The van der Waals surface area contributed by atoms with Crippen molar-refractivity contribution >= 4 is 0 Å². The first-order valence-corrected chi connectivity index (χ1v) is 6.34. The maximum absolute atomic E-state index is 5.72. The molecule has 0 aliphatic rings. The van der Waals surface area contributed by atoms with E-state index in [1.807, 2.05) is 12.1 Å². The number of rotatable bonds is 7. The zero-order valence-corrected chi connectivity index (χ0v) is 11.1. The molecule has 0 bridgehead atoms. The summed E-state index contributed by atoms with van der Waals surface area (Å²) in [6.07, 6.45) is 0.994. The third kappa shape index (κ3) is 3.72. The van der Waals surface area contributed by atoms with E-state index < -0.39 is 0 Å². The summed E-state index contributed by atoms with van der Waals surface area (Å²) >= 11 is 0. The molecule has 17 heavy (non-hydrogen) atoms. The van der Waals surface area contributed by atoms with Gasteiger partial charge in [0.15, 0.2) is 0 Å². The molecular formula is C14H24N2O. The van der Waals surface area contributed by atoms with E-state index in [0.29, 0.717) is 12.6 Å². The number of methoxy groups -OCH3 is 1. The lowest BCUT2D eigenvalue weighted by Gasteiger charge is -2.29. The van der Waals surface area contributed by atoms with Crippen LogP contribution in [0.5, 0.6) is 5.75 Å². The fraction of sp³-hybridized carbons (Fsp3) is 0.571. The average molecular weight is 236 g/mol. The van der Waals surface area contributed by atoms with Crippen molar-refractivity contribution in [1.29, 1.82) is 0 Å². The van der Waals surface area contributed by atoms with E-state index in [1.54, 1.807) is 7.11 Å². The van der Waals surface area contributed by atoms with Crippen molar-refractivity contribution in [3.63, 3.8) is 0 Å². The molecule has 0 aromatic heterocycles. The van der Waals surface area contributed by atoms with Crippen molar-refractivity contribution in [1.82, 2.24) is 4.90 Å². The Balaban J connectivity index is 2.87. The van der Waals surface area contributed by atoms with Crippen LogP contribution >= 0.6 is 0 Å². The maximum atomic E-state index is 5.72. The minimum Gasteiger partial charge on any atom is -0.497 e. The Labute approximate surface area is 105 Å². The van der Waals surface area contributed by atoms with E-state index in [1.165, 1.54) is 5.56 Å². The Morgan fingerprint density at radius 2 is 1.76 bits per heavy atom. The van der Waals surface area contributed by atoms with Crippen molar-refractivity contribution in [3.8, 4) is 5.75 Å².